The minimum absolute atomic E-state index is 0.187. The summed E-state index contributed by atoms with van der Waals surface area (Å²) in [6.45, 7) is 10.6. The lowest BCUT2D eigenvalue weighted by molar-refractivity contribution is 0.00202. The molecule has 0 bridgehead atoms. The molecule has 2 nitrogen and oxygen atoms in total. The second-order valence-corrected chi connectivity index (χ2v) is 9.53. The lowest BCUT2D eigenvalue weighted by Gasteiger charge is -2.25. The molecule has 160 valence electrons. The Labute approximate surface area is 170 Å². The fraction of sp³-hybridized carbons (Fsp3) is 0.920. The van der Waals surface area contributed by atoms with Crippen LogP contribution in [0.3, 0.4) is 0 Å². The first-order chi connectivity index (χ1) is 13.0. The highest BCUT2D eigenvalue weighted by molar-refractivity contribution is 4.97. The second kappa shape index (κ2) is 15.6. The molecule has 1 rings (SSSR count). The van der Waals surface area contributed by atoms with Gasteiger partial charge >= 0.3 is 0 Å². The smallest absolute Gasteiger partial charge is 0.0614 e. The zero-order valence-electron chi connectivity index (χ0n) is 18.8. The highest BCUT2D eigenvalue weighted by Gasteiger charge is 2.17. The minimum Gasteiger partial charge on any atom is -0.392 e. The van der Waals surface area contributed by atoms with E-state index in [0.717, 1.165) is 30.8 Å². The Hall–Kier alpha value is -0.340. The fourth-order valence-corrected chi connectivity index (χ4v) is 4.47. The van der Waals surface area contributed by atoms with Gasteiger partial charge in [0.1, 0.15) is 0 Å². The number of ether oxygens (including phenoxy) is 1. The second-order valence-electron chi connectivity index (χ2n) is 9.53. The van der Waals surface area contributed by atoms with Gasteiger partial charge in [0, 0.05) is 6.61 Å². The SMILES string of the molecule is CC(=CCO)CCCC(C)CCCC(C)CCCC(C)CC1CCCCO1. The molecule has 1 fully saturated rings. The van der Waals surface area contributed by atoms with E-state index in [9.17, 15) is 0 Å². The number of allylic oxidation sites excluding steroid dienone is 1. The summed E-state index contributed by atoms with van der Waals surface area (Å²) < 4.78 is 5.89. The summed E-state index contributed by atoms with van der Waals surface area (Å²) in [5.74, 6) is 2.54. The van der Waals surface area contributed by atoms with Gasteiger partial charge in [0.15, 0.2) is 0 Å². The lowest BCUT2D eigenvalue weighted by atomic mass is 9.90. The summed E-state index contributed by atoms with van der Waals surface area (Å²) in [7, 11) is 0. The summed E-state index contributed by atoms with van der Waals surface area (Å²) in [6, 6.07) is 0. The normalized spacial score (nSPS) is 21.8. The van der Waals surface area contributed by atoms with E-state index in [-0.39, 0.29) is 6.61 Å². The molecule has 1 aliphatic heterocycles. The molecule has 0 aromatic rings. The standard InChI is InChI=1S/C25H48O2/c1-21(12-8-14-23(3)17-18-26)10-7-11-22(2)13-9-15-24(4)20-25-16-5-6-19-27-25/h17,21-22,24-26H,5-16,18-20H2,1-4H3. The van der Waals surface area contributed by atoms with E-state index in [1.54, 1.807) is 0 Å². The van der Waals surface area contributed by atoms with E-state index < -0.39 is 0 Å². The van der Waals surface area contributed by atoms with Crippen LogP contribution in [0.4, 0.5) is 0 Å². The fourth-order valence-electron chi connectivity index (χ4n) is 4.47. The molecule has 0 aromatic heterocycles. The molecule has 0 spiro atoms. The van der Waals surface area contributed by atoms with Crippen molar-refractivity contribution in [2.24, 2.45) is 17.8 Å². The molecule has 4 unspecified atom stereocenters. The number of hydrogen-bond donors (Lipinski definition) is 1. The van der Waals surface area contributed by atoms with Crippen LogP contribution in [0.2, 0.25) is 0 Å². The van der Waals surface area contributed by atoms with Crippen molar-refractivity contribution < 1.29 is 9.84 Å². The molecular weight excluding hydrogens is 332 g/mol. The average Bonchev–Trinajstić information content (AvgIpc) is 2.62. The van der Waals surface area contributed by atoms with Gasteiger partial charge in [-0.05, 0) is 63.2 Å². The maximum absolute atomic E-state index is 8.90. The van der Waals surface area contributed by atoms with Gasteiger partial charge in [-0.25, -0.2) is 0 Å². The molecule has 0 amide bonds. The van der Waals surface area contributed by atoms with Crippen molar-refractivity contribution in [3.63, 3.8) is 0 Å². The van der Waals surface area contributed by atoms with E-state index in [1.165, 1.54) is 82.6 Å². The quantitative estimate of drug-likeness (QED) is 0.302. The van der Waals surface area contributed by atoms with Gasteiger partial charge in [0.05, 0.1) is 12.7 Å². The van der Waals surface area contributed by atoms with Crippen LogP contribution >= 0.6 is 0 Å². The molecule has 1 N–H and O–H groups in total. The third kappa shape index (κ3) is 13.5. The van der Waals surface area contributed by atoms with Gasteiger partial charge in [0.2, 0.25) is 0 Å². The summed E-state index contributed by atoms with van der Waals surface area (Å²) in [5, 5.41) is 8.90. The number of hydrogen-bond acceptors (Lipinski definition) is 2. The Kier molecular flexibility index (Phi) is 14.2. The van der Waals surface area contributed by atoms with E-state index >= 15 is 0 Å². The van der Waals surface area contributed by atoms with Crippen LogP contribution < -0.4 is 0 Å². The monoisotopic (exact) mass is 380 g/mol. The number of rotatable bonds is 15. The zero-order valence-corrected chi connectivity index (χ0v) is 18.8. The topological polar surface area (TPSA) is 29.5 Å². The van der Waals surface area contributed by atoms with Crippen LogP contribution in [-0.2, 0) is 4.74 Å². The van der Waals surface area contributed by atoms with Gasteiger partial charge in [-0.1, -0.05) is 77.4 Å². The Morgan fingerprint density at radius 1 is 0.926 bits per heavy atom. The minimum atomic E-state index is 0.187. The Bertz CT molecular complexity index is 371. The van der Waals surface area contributed by atoms with E-state index in [2.05, 4.69) is 27.7 Å². The van der Waals surface area contributed by atoms with E-state index in [4.69, 9.17) is 9.84 Å². The van der Waals surface area contributed by atoms with Crippen molar-refractivity contribution in [2.45, 2.75) is 117 Å². The highest BCUT2D eigenvalue weighted by atomic mass is 16.5. The Balaban J connectivity index is 1.98. The van der Waals surface area contributed by atoms with Gasteiger partial charge in [-0.2, -0.15) is 0 Å². The van der Waals surface area contributed by atoms with Crippen LogP contribution in [0.1, 0.15) is 111 Å². The predicted molar refractivity (Wildman–Crippen MR) is 118 cm³/mol. The van der Waals surface area contributed by atoms with Crippen molar-refractivity contribution in [1.82, 2.24) is 0 Å². The van der Waals surface area contributed by atoms with Crippen LogP contribution in [-0.4, -0.2) is 24.4 Å². The molecule has 0 aliphatic carbocycles. The lowest BCUT2D eigenvalue weighted by Crippen LogP contribution is -2.21. The summed E-state index contributed by atoms with van der Waals surface area (Å²) in [5.41, 5.74) is 1.34. The summed E-state index contributed by atoms with van der Waals surface area (Å²) >= 11 is 0. The number of aliphatic hydroxyl groups excluding tert-OH is 1. The number of aliphatic hydroxyl groups is 1. The Morgan fingerprint density at radius 2 is 1.52 bits per heavy atom. The average molecular weight is 381 g/mol. The van der Waals surface area contributed by atoms with Gasteiger partial charge in [0.25, 0.3) is 0 Å². The summed E-state index contributed by atoms with van der Waals surface area (Å²) in [6.07, 6.45) is 19.7. The molecule has 27 heavy (non-hydrogen) atoms. The van der Waals surface area contributed by atoms with Gasteiger partial charge in [-0.3, -0.25) is 0 Å². The zero-order chi connectivity index (χ0) is 19.9. The predicted octanol–water partition coefficient (Wildman–Crippen LogP) is 7.30. The molecule has 1 aliphatic rings. The van der Waals surface area contributed by atoms with Crippen molar-refractivity contribution in [3.8, 4) is 0 Å². The maximum Gasteiger partial charge on any atom is 0.0614 e. The third-order valence-electron chi connectivity index (χ3n) is 6.43. The molecule has 0 aromatic carbocycles. The van der Waals surface area contributed by atoms with Crippen LogP contribution in [0.5, 0.6) is 0 Å². The van der Waals surface area contributed by atoms with Crippen LogP contribution in [0.25, 0.3) is 0 Å². The summed E-state index contributed by atoms with van der Waals surface area (Å²) in [4.78, 5) is 0. The van der Waals surface area contributed by atoms with Crippen LogP contribution in [0, 0.1) is 17.8 Å². The van der Waals surface area contributed by atoms with Crippen molar-refractivity contribution in [2.75, 3.05) is 13.2 Å². The maximum atomic E-state index is 8.90. The third-order valence-corrected chi connectivity index (χ3v) is 6.43. The highest BCUT2D eigenvalue weighted by Crippen LogP contribution is 2.25. The molecule has 1 saturated heterocycles. The van der Waals surface area contributed by atoms with Crippen molar-refractivity contribution >= 4 is 0 Å². The molecule has 1 heterocycles. The molecule has 0 saturated carbocycles. The van der Waals surface area contributed by atoms with Gasteiger partial charge in [-0.15, -0.1) is 0 Å². The van der Waals surface area contributed by atoms with Crippen molar-refractivity contribution in [3.05, 3.63) is 11.6 Å². The van der Waals surface area contributed by atoms with E-state index in [0.29, 0.717) is 6.10 Å². The van der Waals surface area contributed by atoms with Crippen LogP contribution in [0.15, 0.2) is 11.6 Å². The molecular formula is C25H48O2. The molecule has 0 radical (unpaired) electrons. The molecule has 2 heteroatoms. The van der Waals surface area contributed by atoms with Crippen molar-refractivity contribution in [1.29, 1.82) is 0 Å². The largest absolute Gasteiger partial charge is 0.392 e. The first-order valence-corrected chi connectivity index (χ1v) is 11.9. The van der Waals surface area contributed by atoms with E-state index in [1.807, 2.05) is 6.08 Å². The molecule has 4 atom stereocenters. The van der Waals surface area contributed by atoms with Gasteiger partial charge < -0.3 is 9.84 Å². The first kappa shape index (κ1) is 24.7. The first-order valence-electron chi connectivity index (χ1n) is 11.9. The Morgan fingerprint density at radius 3 is 2.07 bits per heavy atom.